The average molecular weight is 323 g/mol. The van der Waals surface area contributed by atoms with Crippen LogP contribution in [0.1, 0.15) is 5.56 Å². The van der Waals surface area contributed by atoms with Crippen LogP contribution in [0.2, 0.25) is 0 Å². The van der Waals surface area contributed by atoms with Gasteiger partial charge in [-0.1, -0.05) is 12.1 Å². The first kappa shape index (κ1) is 14.4. The third kappa shape index (κ3) is 2.51. The van der Waals surface area contributed by atoms with E-state index in [1.807, 2.05) is 31.3 Å². The summed E-state index contributed by atoms with van der Waals surface area (Å²) in [5.41, 5.74) is 2.81. The lowest BCUT2D eigenvalue weighted by atomic mass is 10.2. The smallest absolute Gasteiger partial charge is 0.321 e. The van der Waals surface area contributed by atoms with Gasteiger partial charge >= 0.3 is 6.03 Å². The van der Waals surface area contributed by atoms with Crippen molar-refractivity contribution >= 4 is 28.6 Å². The summed E-state index contributed by atoms with van der Waals surface area (Å²) in [4.78, 5) is 21.9. The van der Waals surface area contributed by atoms with Gasteiger partial charge in [-0.25, -0.2) is 14.8 Å². The van der Waals surface area contributed by atoms with Crippen LogP contribution < -0.4 is 15.5 Å². The standard InChI is InChI=1S/C16H17N7O/c1-22-15-13(9-21-22)14(19-10-20-15)18-8-11-2-4-12(5-3-11)23-7-6-17-16(23)24/h2-5,9-10H,6-8H2,1H3,(H,17,24)(H,18,19,20). The maximum absolute atomic E-state index is 11.7. The molecule has 1 saturated heterocycles. The van der Waals surface area contributed by atoms with E-state index >= 15 is 0 Å². The second kappa shape index (κ2) is 5.80. The molecule has 8 nitrogen and oxygen atoms in total. The minimum Gasteiger partial charge on any atom is -0.365 e. The Balaban J connectivity index is 1.48. The van der Waals surface area contributed by atoms with Gasteiger partial charge in [0.15, 0.2) is 5.65 Å². The molecule has 0 radical (unpaired) electrons. The predicted octanol–water partition coefficient (Wildman–Crippen LogP) is 1.50. The molecule has 24 heavy (non-hydrogen) atoms. The summed E-state index contributed by atoms with van der Waals surface area (Å²) in [6, 6.07) is 7.90. The van der Waals surface area contributed by atoms with Crippen molar-refractivity contribution in [3.05, 3.63) is 42.4 Å². The van der Waals surface area contributed by atoms with Crippen molar-refractivity contribution in [2.75, 3.05) is 23.3 Å². The zero-order valence-corrected chi connectivity index (χ0v) is 13.2. The number of amides is 2. The Morgan fingerprint density at radius 1 is 1.25 bits per heavy atom. The molecule has 1 aliphatic rings. The summed E-state index contributed by atoms with van der Waals surface area (Å²) in [6.45, 7) is 2.03. The van der Waals surface area contributed by atoms with Crippen LogP contribution >= 0.6 is 0 Å². The fourth-order valence-corrected chi connectivity index (χ4v) is 2.80. The number of aryl methyl sites for hydroxylation is 1. The number of carbonyl (C=O) groups excluding carboxylic acids is 1. The number of nitrogens with zero attached hydrogens (tertiary/aromatic N) is 5. The van der Waals surface area contributed by atoms with Gasteiger partial charge < -0.3 is 10.6 Å². The molecule has 8 heteroatoms. The van der Waals surface area contributed by atoms with Crippen molar-refractivity contribution in [2.24, 2.45) is 7.05 Å². The third-order valence-electron chi connectivity index (χ3n) is 4.09. The lowest BCUT2D eigenvalue weighted by molar-refractivity contribution is 0.252. The molecule has 0 atom stereocenters. The Labute approximate surface area is 138 Å². The SMILES string of the molecule is Cn1ncc2c(NCc3ccc(N4CCNC4=O)cc3)ncnc21. The van der Waals surface area contributed by atoms with Crippen LogP contribution in [-0.4, -0.2) is 38.9 Å². The molecular formula is C16H17N7O. The second-order valence-corrected chi connectivity index (χ2v) is 5.63. The molecule has 4 rings (SSSR count). The van der Waals surface area contributed by atoms with Crippen molar-refractivity contribution in [2.45, 2.75) is 6.54 Å². The lowest BCUT2D eigenvalue weighted by Gasteiger charge is -2.14. The molecule has 0 spiro atoms. The Morgan fingerprint density at radius 2 is 2.08 bits per heavy atom. The van der Waals surface area contributed by atoms with Gasteiger partial charge in [0.1, 0.15) is 12.1 Å². The number of hydrogen-bond acceptors (Lipinski definition) is 5. The Kier molecular flexibility index (Phi) is 3.49. The van der Waals surface area contributed by atoms with Crippen molar-refractivity contribution in [3.8, 4) is 0 Å². The number of aromatic nitrogens is 4. The van der Waals surface area contributed by atoms with E-state index in [9.17, 15) is 4.79 Å². The summed E-state index contributed by atoms with van der Waals surface area (Å²) in [7, 11) is 1.85. The van der Waals surface area contributed by atoms with Crippen LogP contribution in [0, 0.1) is 0 Å². The van der Waals surface area contributed by atoms with Crippen molar-refractivity contribution in [1.82, 2.24) is 25.1 Å². The minimum absolute atomic E-state index is 0.0409. The zero-order chi connectivity index (χ0) is 16.5. The second-order valence-electron chi connectivity index (χ2n) is 5.63. The zero-order valence-electron chi connectivity index (χ0n) is 13.2. The summed E-state index contributed by atoms with van der Waals surface area (Å²) < 4.78 is 1.72. The molecule has 0 aliphatic carbocycles. The maximum Gasteiger partial charge on any atom is 0.321 e. The van der Waals surface area contributed by atoms with E-state index in [2.05, 4.69) is 25.7 Å². The molecule has 0 saturated carbocycles. The highest BCUT2D eigenvalue weighted by Crippen LogP contribution is 2.20. The summed E-state index contributed by atoms with van der Waals surface area (Å²) in [6.07, 6.45) is 3.29. The monoisotopic (exact) mass is 323 g/mol. The van der Waals surface area contributed by atoms with E-state index in [0.717, 1.165) is 28.1 Å². The van der Waals surface area contributed by atoms with E-state index in [0.29, 0.717) is 19.6 Å². The summed E-state index contributed by atoms with van der Waals surface area (Å²) >= 11 is 0. The first-order chi connectivity index (χ1) is 11.7. The Hall–Kier alpha value is -3.16. The Bertz CT molecular complexity index is 887. The average Bonchev–Trinajstić information content (AvgIpc) is 3.20. The van der Waals surface area contributed by atoms with Gasteiger partial charge in [-0.3, -0.25) is 9.58 Å². The van der Waals surface area contributed by atoms with Crippen LogP contribution in [0.4, 0.5) is 16.3 Å². The minimum atomic E-state index is -0.0409. The van der Waals surface area contributed by atoms with E-state index < -0.39 is 0 Å². The maximum atomic E-state index is 11.7. The summed E-state index contributed by atoms with van der Waals surface area (Å²) in [5, 5.41) is 11.2. The van der Waals surface area contributed by atoms with Crippen molar-refractivity contribution < 1.29 is 4.79 Å². The number of carbonyl (C=O) groups is 1. The molecular weight excluding hydrogens is 306 g/mol. The van der Waals surface area contributed by atoms with Gasteiger partial charge in [0, 0.05) is 32.4 Å². The van der Waals surface area contributed by atoms with Crippen LogP contribution in [-0.2, 0) is 13.6 Å². The van der Waals surface area contributed by atoms with Gasteiger partial charge in [0.2, 0.25) is 0 Å². The quantitative estimate of drug-likeness (QED) is 0.760. The topological polar surface area (TPSA) is 88.0 Å². The van der Waals surface area contributed by atoms with Gasteiger partial charge in [-0.05, 0) is 17.7 Å². The van der Waals surface area contributed by atoms with Crippen LogP contribution in [0.15, 0.2) is 36.8 Å². The molecule has 122 valence electrons. The van der Waals surface area contributed by atoms with Crippen LogP contribution in [0.25, 0.3) is 11.0 Å². The largest absolute Gasteiger partial charge is 0.365 e. The fourth-order valence-electron chi connectivity index (χ4n) is 2.80. The number of benzene rings is 1. The van der Waals surface area contributed by atoms with E-state index in [-0.39, 0.29) is 6.03 Å². The van der Waals surface area contributed by atoms with E-state index in [1.54, 1.807) is 15.8 Å². The molecule has 1 aliphatic heterocycles. The van der Waals surface area contributed by atoms with E-state index in [4.69, 9.17) is 0 Å². The highest BCUT2D eigenvalue weighted by Gasteiger charge is 2.20. The molecule has 1 fully saturated rings. The molecule has 2 amide bonds. The van der Waals surface area contributed by atoms with Crippen molar-refractivity contribution in [3.63, 3.8) is 0 Å². The number of nitrogens with one attached hydrogen (secondary N) is 2. The molecule has 0 unspecified atom stereocenters. The number of urea groups is 1. The van der Waals surface area contributed by atoms with Crippen LogP contribution in [0.5, 0.6) is 0 Å². The normalized spacial score (nSPS) is 14.2. The lowest BCUT2D eigenvalue weighted by Crippen LogP contribution is -2.27. The van der Waals surface area contributed by atoms with Gasteiger partial charge in [-0.15, -0.1) is 0 Å². The predicted molar refractivity (Wildman–Crippen MR) is 90.8 cm³/mol. The number of rotatable bonds is 4. The van der Waals surface area contributed by atoms with Gasteiger partial charge in [0.25, 0.3) is 0 Å². The van der Waals surface area contributed by atoms with Crippen LogP contribution in [0.3, 0.4) is 0 Å². The first-order valence-electron chi connectivity index (χ1n) is 7.73. The third-order valence-corrected chi connectivity index (χ3v) is 4.09. The number of hydrogen-bond donors (Lipinski definition) is 2. The molecule has 2 N–H and O–H groups in total. The molecule has 0 bridgehead atoms. The number of anilines is 2. The Morgan fingerprint density at radius 3 is 2.83 bits per heavy atom. The van der Waals surface area contributed by atoms with Gasteiger partial charge in [-0.2, -0.15) is 5.10 Å². The summed E-state index contributed by atoms with van der Waals surface area (Å²) in [5.74, 6) is 0.760. The fraction of sp³-hybridized carbons (Fsp3) is 0.250. The highest BCUT2D eigenvalue weighted by atomic mass is 16.2. The molecule has 2 aromatic heterocycles. The highest BCUT2D eigenvalue weighted by molar-refractivity contribution is 5.94. The molecule has 1 aromatic carbocycles. The van der Waals surface area contributed by atoms with Crippen molar-refractivity contribution in [1.29, 1.82) is 0 Å². The first-order valence-corrected chi connectivity index (χ1v) is 7.73. The van der Waals surface area contributed by atoms with Gasteiger partial charge in [0.05, 0.1) is 11.6 Å². The number of fused-ring (bicyclic) bond motifs is 1. The van der Waals surface area contributed by atoms with E-state index in [1.165, 1.54) is 6.33 Å². The molecule has 3 heterocycles. The molecule has 3 aromatic rings.